The third kappa shape index (κ3) is 5.39. The highest BCUT2D eigenvalue weighted by Gasteiger charge is 2.16. The summed E-state index contributed by atoms with van der Waals surface area (Å²) in [6.45, 7) is 5.36. The maximum atomic E-state index is 11.4. The Kier molecular flexibility index (Phi) is 4.17. The summed E-state index contributed by atoms with van der Waals surface area (Å²) in [4.78, 5) is 28.8. The largest absolute Gasteiger partial charge is 0.459 e. The van der Waals surface area contributed by atoms with E-state index in [-0.39, 0.29) is 23.1 Å². The molecule has 94 valence electrons. The first kappa shape index (κ1) is 13.6. The van der Waals surface area contributed by atoms with Gasteiger partial charge in [0.2, 0.25) is 0 Å². The van der Waals surface area contributed by atoms with E-state index in [0.717, 1.165) is 11.8 Å². The molecule has 0 aliphatic rings. The minimum atomic E-state index is -0.520. The SMILES string of the molecule is CC(C)(C)OC(=O)CSc1nc(N)cc(=O)[nH]1. The molecule has 17 heavy (non-hydrogen) atoms. The lowest BCUT2D eigenvalue weighted by atomic mass is 10.2. The average Bonchev–Trinajstić information content (AvgIpc) is 2.10. The normalized spacial score (nSPS) is 11.2. The number of rotatable bonds is 3. The number of nitrogen functional groups attached to an aromatic ring is 1. The summed E-state index contributed by atoms with van der Waals surface area (Å²) in [5.41, 5.74) is 4.54. The molecule has 0 bridgehead atoms. The summed E-state index contributed by atoms with van der Waals surface area (Å²) in [7, 11) is 0. The molecule has 0 spiro atoms. The van der Waals surface area contributed by atoms with Crippen molar-refractivity contribution in [3.63, 3.8) is 0 Å². The molecule has 0 aliphatic heterocycles. The van der Waals surface area contributed by atoms with E-state index in [1.54, 1.807) is 20.8 Å². The first-order valence-corrected chi connectivity index (χ1v) is 5.96. The second kappa shape index (κ2) is 5.22. The Balaban J connectivity index is 2.56. The molecule has 0 aromatic carbocycles. The number of nitrogens with one attached hydrogen (secondary N) is 1. The van der Waals surface area contributed by atoms with Crippen molar-refractivity contribution in [1.29, 1.82) is 0 Å². The maximum Gasteiger partial charge on any atom is 0.316 e. The van der Waals surface area contributed by atoms with Gasteiger partial charge in [-0.05, 0) is 20.8 Å². The highest BCUT2D eigenvalue weighted by atomic mass is 32.2. The van der Waals surface area contributed by atoms with Gasteiger partial charge in [0.05, 0.1) is 5.75 Å². The van der Waals surface area contributed by atoms with E-state index in [2.05, 4.69) is 9.97 Å². The fourth-order valence-electron chi connectivity index (χ4n) is 1.02. The predicted molar refractivity (Wildman–Crippen MR) is 65.8 cm³/mol. The minimum absolute atomic E-state index is 0.0731. The molecule has 0 amide bonds. The predicted octanol–water partition coefficient (Wildman–Crippen LogP) is 0.786. The molecule has 6 nitrogen and oxygen atoms in total. The van der Waals surface area contributed by atoms with Crippen LogP contribution in [0.25, 0.3) is 0 Å². The Bertz CT molecular complexity index is 465. The second-order valence-corrected chi connectivity index (χ2v) is 5.31. The number of ether oxygens (including phenoxy) is 1. The first-order chi connectivity index (χ1) is 7.76. The number of esters is 1. The number of nitrogens with two attached hydrogens (primary N) is 1. The minimum Gasteiger partial charge on any atom is -0.459 e. The summed E-state index contributed by atoms with van der Waals surface area (Å²) < 4.78 is 5.11. The fraction of sp³-hybridized carbons (Fsp3) is 0.500. The molecular weight excluding hydrogens is 242 g/mol. The lowest BCUT2D eigenvalue weighted by molar-refractivity contribution is -0.151. The topological polar surface area (TPSA) is 98.1 Å². The zero-order valence-corrected chi connectivity index (χ0v) is 10.8. The number of hydrogen-bond acceptors (Lipinski definition) is 6. The van der Waals surface area contributed by atoms with Crippen LogP contribution in [0.4, 0.5) is 5.82 Å². The molecular formula is C10H15N3O3S. The Morgan fingerprint density at radius 2 is 2.24 bits per heavy atom. The van der Waals surface area contributed by atoms with E-state index in [9.17, 15) is 9.59 Å². The van der Waals surface area contributed by atoms with E-state index >= 15 is 0 Å². The molecule has 1 aromatic rings. The van der Waals surface area contributed by atoms with Gasteiger partial charge in [-0.25, -0.2) is 4.98 Å². The van der Waals surface area contributed by atoms with Gasteiger partial charge in [-0.15, -0.1) is 0 Å². The number of H-pyrrole nitrogens is 1. The van der Waals surface area contributed by atoms with E-state index in [4.69, 9.17) is 10.5 Å². The van der Waals surface area contributed by atoms with Gasteiger partial charge < -0.3 is 15.5 Å². The molecule has 0 aliphatic carbocycles. The van der Waals surface area contributed by atoms with Crippen molar-refractivity contribution in [2.45, 2.75) is 31.5 Å². The van der Waals surface area contributed by atoms with Gasteiger partial charge in [0.15, 0.2) is 5.16 Å². The number of aromatic amines is 1. The van der Waals surface area contributed by atoms with E-state index < -0.39 is 5.60 Å². The van der Waals surface area contributed by atoms with Crippen LogP contribution in [0.5, 0.6) is 0 Å². The molecule has 1 aromatic heterocycles. The molecule has 7 heteroatoms. The number of carbonyl (C=O) groups is 1. The molecule has 0 radical (unpaired) electrons. The Morgan fingerprint density at radius 3 is 2.76 bits per heavy atom. The Hall–Kier alpha value is -1.50. The molecule has 1 rings (SSSR count). The van der Waals surface area contributed by atoms with E-state index in [1.807, 2.05) is 0 Å². The van der Waals surface area contributed by atoms with Crippen LogP contribution in [0.15, 0.2) is 16.0 Å². The lowest BCUT2D eigenvalue weighted by Gasteiger charge is -2.19. The third-order valence-corrected chi connectivity index (χ3v) is 2.33. The van der Waals surface area contributed by atoms with Crippen LogP contribution in [-0.4, -0.2) is 27.3 Å². The van der Waals surface area contributed by atoms with Crippen molar-refractivity contribution >= 4 is 23.5 Å². The molecule has 0 saturated heterocycles. The maximum absolute atomic E-state index is 11.4. The fourth-order valence-corrected chi connectivity index (χ4v) is 1.68. The zero-order chi connectivity index (χ0) is 13.1. The lowest BCUT2D eigenvalue weighted by Crippen LogP contribution is -2.25. The van der Waals surface area contributed by atoms with Gasteiger partial charge in [0.1, 0.15) is 11.4 Å². The van der Waals surface area contributed by atoms with Crippen molar-refractivity contribution < 1.29 is 9.53 Å². The molecule has 0 fully saturated rings. The van der Waals surface area contributed by atoms with Gasteiger partial charge in [0.25, 0.3) is 5.56 Å². The highest BCUT2D eigenvalue weighted by Crippen LogP contribution is 2.14. The molecule has 0 saturated carbocycles. The summed E-state index contributed by atoms with van der Waals surface area (Å²) in [5.74, 6) is -0.170. The quantitative estimate of drug-likeness (QED) is 0.472. The van der Waals surface area contributed by atoms with Crippen LogP contribution in [0.3, 0.4) is 0 Å². The monoisotopic (exact) mass is 257 g/mol. The van der Waals surface area contributed by atoms with E-state index in [0.29, 0.717) is 5.16 Å². The number of hydrogen-bond donors (Lipinski definition) is 2. The van der Waals surface area contributed by atoms with Gasteiger partial charge in [0, 0.05) is 6.07 Å². The third-order valence-electron chi connectivity index (χ3n) is 1.49. The summed E-state index contributed by atoms with van der Waals surface area (Å²) in [6, 6.07) is 1.18. The second-order valence-electron chi connectivity index (χ2n) is 4.35. The Labute approximate surface area is 103 Å². The van der Waals surface area contributed by atoms with Gasteiger partial charge >= 0.3 is 5.97 Å². The number of anilines is 1. The van der Waals surface area contributed by atoms with Gasteiger partial charge in [-0.3, -0.25) is 9.59 Å². The number of nitrogens with zero attached hydrogens (tertiary/aromatic N) is 1. The van der Waals surface area contributed by atoms with Crippen LogP contribution in [0.1, 0.15) is 20.8 Å². The van der Waals surface area contributed by atoms with Crippen LogP contribution < -0.4 is 11.3 Å². The Morgan fingerprint density at radius 1 is 1.59 bits per heavy atom. The van der Waals surface area contributed by atoms with Crippen molar-refractivity contribution in [2.75, 3.05) is 11.5 Å². The van der Waals surface area contributed by atoms with Gasteiger partial charge in [-0.1, -0.05) is 11.8 Å². The average molecular weight is 257 g/mol. The standard InChI is InChI=1S/C10H15N3O3S/c1-10(2,3)16-8(15)5-17-9-12-6(11)4-7(14)13-9/h4H,5H2,1-3H3,(H3,11,12,13,14). The highest BCUT2D eigenvalue weighted by molar-refractivity contribution is 7.99. The van der Waals surface area contributed by atoms with Crippen LogP contribution in [-0.2, 0) is 9.53 Å². The van der Waals surface area contributed by atoms with E-state index in [1.165, 1.54) is 6.07 Å². The molecule has 0 unspecified atom stereocenters. The molecule has 3 N–H and O–H groups in total. The van der Waals surface area contributed by atoms with Crippen molar-refractivity contribution in [2.24, 2.45) is 0 Å². The molecule has 1 heterocycles. The zero-order valence-electron chi connectivity index (χ0n) is 9.94. The van der Waals surface area contributed by atoms with Crippen molar-refractivity contribution in [3.8, 4) is 0 Å². The van der Waals surface area contributed by atoms with Crippen LogP contribution in [0, 0.1) is 0 Å². The summed E-state index contributed by atoms with van der Waals surface area (Å²) in [5, 5.41) is 0.306. The van der Waals surface area contributed by atoms with Crippen LogP contribution >= 0.6 is 11.8 Å². The number of thioether (sulfide) groups is 1. The first-order valence-electron chi connectivity index (χ1n) is 4.98. The van der Waals surface area contributed by atoms with Crippen molar-refractivity contribution in [3.05, 3.63) is 16.4 Å². The van der Waals surface area contributed by atoms with Gasteiger partial charge in [-0.2, -0.15) is 0 Å². The smallest absolute Gasteiger partial charge is 0.316 e. The molecule has 0 atom stereocenters. The number of carbonyl (C=O) groups excluding carboxylic acids is 1. The van der Waals surface area contributed by atoms with Crippen molar-refractivity contribution in [1.82, 2.24) is 9.97 Å². The number of aromatic nitrogens is 2. The summed E-state index contributed by atoms with van der Waals surface area (Å²) >= 11 is 1.08. The van der Waals surface area contributed by atoms with Crippen LogP contribution in [0.2, 0.25) is 0 Å². The summed E-state index contributed by atoms with van der Waals surface area (Å²) in [6.07, 6.45) is 0.